The molecule has 0 saturated carbocycles. The first kappa shape index (κ1) is 11.1. The van der Waals surface area contributed by atoms with Gasteiger partial charge in [-0.15, -0.1) is 0 Å². The molecule has 14 heavy (non-hydrogen) atoms. The van der Waals surface area contributed by atoms with Gasteiger partial charge in [0.2, 0.25) is 11.8 Å². The summed E-state index contributed by atoms with van der Waals surface area (Å²) < 4.78 is 0. The van der Waals surface area contributed by atoms with Gasteiger partial charge in [-0.1, -0.05) is 0 Å². The summed E-state index contributed by atoms with van der Waals surface area (Å²) >= 11 is 0. The van der Waals surface area contributed by atoms with Gasteiger partial charge < -0.3 is 10.4 Å². The van der Waals surface area contributed by atoms with Crippen LogP contribution in [0.1, 0.15) is 26.7 Å². The van der Waals surface area contributed by atoms with Crippen molar-refractivity contribution in [3.63, 3.8) is 0 Å². The lowest BCUT2D eigenvalue weighted by molar-refractivity contribution is -0.134. The second kappa shape index (κ2) is 4.06. The van der Waals surface area contributed by atoms with Crippen molar-refractivity contribution < 1.29 is 14.7 Å². The van der Waals surface area contributed by atoms with E-state index in [9.17, 15) is 14.7 Å². The number of hydrogen-bond acceptors (Lipinski definition) is 4. The zero-order valence-corrected chi connectivity index (χ0v) is 8.46. The Kier molecular flexibility index (Phi) is 3.23. The number of piperidine rings is 1. The average Bonchev–Trinajstić information content (AvgIpc) is 2.00. The normalized spacial score (nSPS) is 23.5. The molecule has 1 heterocycles. The van der Waals surface area contributed by atoms with Crippen LogP contribution in [-0.4, -0.2) is 35.1 Å². The predicted octanol–water partition coefficient (Wildman–Crippen LogP) is -0.848. The van der Waals surface area contributed by atoms with E-state index in [0.29, 0.717) is 19.4 Å². The highest BCUT2D eigenvalue weighted by Crippen LogP contribution is 2.06. The van der Waals surface area contributed by atoms with E-state index >= 15 is 0 Å². The molecule has 1 saturated heterocycles. The molecule has 0 spiro atoms. The van der Waals surface area contributed by atoms with Gasteiger partial charge in [-0.2, -0.15) is 0 Å². The fourth-order valence-electron chi connectivity index (χ4n) is 1.26. The van der Waals surface area contributed by atoms with Gasteiger partial charge >= 0.3 is 0 Å². The van der Waals surface area contributed by atoms with E-state index in [1.54, 1.807) is 13.8 Å². The molecule has 1 aliphatic heterocycles. The minimum Gasteiger partial charge on any atom is -0.389 e. The minimum atomic E-state index is -0.845. The topological polar surface area (TPSA) is 78.4 Å². The maximum absolute atomic E-state index is 11.2. The third kappa shape index (κ3) is 3.43. The standard InChI is InChI=1S/C9H16N2O3/c1-9(2,14)5-10-6-3-4-7(12)11-8(6)13/h6,10,14H,3-5H2,1-2H3,(H,11,12,13). The second-order valence-corrected chi connectivity index (χ2v) is 4.20. The summed E-state index contributed by atoms with van der Waals surface area (Å²) in [5.41, 5.74) is -0.845. The van der Waals surface area contributed by atoms with E-state index in [4.69, 9.17) is 0 Å². The first-order valence-corrected chi connectivity index (χ1v) is 4.68. The molecule has 0 bridgehead atoms. The number of rotatable bonds is 3. The zero-order valence-electron chi connectivity index (χ0n) is 8.46. The number of carbonyl (C=O) groups is 2. The Bertz CT molecular complexity index is 245. The summed E-state index contributed by atoms with van der Waals surface area (Å²) in [6, 6.07) is -0.362. The molecule has 0 radical (unpaired) electrons. The third-order valence-electron chi connectivity index (χ3n) is 2.02. The molecule has 3 N–H and O–H groups in total. The largest absolute Gasteiger partial charge is 0.389 e. The summed E-state index contributed by atoms with van der Waals surface area (Å²) in [5, 5.41) is 14.6. The van der Waals surface area contributed by atoms with Crippen molar-refractivity contribution in [1.29, 1.82) is 0 Å². The molecule has 0 aliphatic carbocycles. The molecule has 80 valence electrons. The van der Waals surface area contributed by atoms with E-state index in [1.807, 2.05) is 0 Å². The lowest BCUT2D eigenvalue weighted by atomic mass is 10.0. The lowest BCUT2D eigenvalue weighted by Gasteiger charge is -2.25. The minimum absolute atomic E-state index is 0.226. The molecule has 0 aromatic heterocycles. The molecule has 5 heteroatoms. The highest BCUT2D eigenvalue weighted by atomic mass is 16.3. The Labute approximate surface area is 82.9 Å². The number of imide groups is 1. The Morgan fingerprint density at radius 2 is 2.21 bits per heavy atom. The first-order chi connectivity index (χ1) is 6.38. The summed E-state index contributed by atoms with van der Waals surface area (Å²) in [6.45, 7) is 3.65. The predicted molar refractivity (Wildman–Crippen MR) is 50.5 cm³/mol. The van der Waals surface area contributed by atoms with Crippen LogP contribution in [0.5, 0.6) is 0 Å². The Morgan fingerprint density at radius 1 is 1.57 bits per heavy atom. The molecule has 0 aromatic rings. The highest BCUT2D eigenvalue weighted by molar-refractivity contribution is 6.00. The van der Waals surface area contributed by atoms with Gasteiger partial charge in [0.15, 0.2) is 0 Å². The quantitative estimate of drug-likeness (QED) is 0.519. The van der Waals surface area contributed by atoms with Crippen LogP contribution in [0.3, 0.4) is 0 Å². The molecule has 1 atom stereocenters. The van der Waals surface area contributed by atoms with E-state index in [-0.39, 0.29) is 17.9 Å². The zero-order chi connectivity index (χ0) is 10.8. The second-order valence-electron chi connectivity index (χ2n) is 4.20. The average molecular weight is 200 g/mol. The summed E-state index contributed by atoms with van der Waals surface area (Å²) in [5.74, 6) is -0.526. The van der Waals surface area contributed by atoms with Crippen LogP contribution in [-0.2, 0) is 9.59 Å². The van der Waals surface area contributed by atoms with Crippen molar-refractivity contribution in [2.75, 3.05) is 6.54 Å². The van der Waals surface area contributed by atoms with Crippen molar-refractivity contribution in [1.82, 2.24) is 10.6 Å². The SMILES string of the molecule is CC(C)(O)CNC1CCC(=O)NC1=O. The van der Waals surface area contributed by atoms with Gasteiger partial charge in [-0.3, -0.25) is 14.9 Å². The van der Waals surface area contributed by atoms with Crippen molar-refractivity contribution in [3.8, 4) is 0 Å². The van der Waals surface area contributed by atoms with Gasteiger partial charge in [-0.25, -0.2) is 0 Å². The van der Waals surface area contributed by atoms with Crippen LogP contribution in [0.2, 0.25) is 0 Å². The van der Waals surface area contributed by atoms with E-state index in [2.05, 4.69) is 10.6 Å². The van der Waals surface area contributed by atoms with Crippen LogP contribution in [0, 0.1) is 0 Å². The maximum Gasteiger partial charge on any atom is 0.243 e. The molecule has 5 nitrogen and oxygen atoms in total. The van der Waals surface area contributed by atoms with Crippen LogP contribution >= 0.6 is 0 Å². The number of hydrogen-bond donors (Lipinski definition) is 3. The number of nitrogens with one attached hydrogen (secondary N) is 2. The summed E-state index contributed by atoms with van der Waals surface area (Å²) in [4.78, 5) is 22.1. The van der Waals surface area contributed by atoms with Crippen LogP contribution in [0.25, 0.3) is 0 Å². The first-order valence-electron chi connectivity index (χ1n) is 4.68. The van der Waals surface area contributed by atoms with Gasteiger partial charge in [0.1, 0.15) is 0 Å². The number of carbonyl (C=O) groups excluding carboxylic acids is 2. The molecule has 1 rings (SSSR count). The molecule has 1 unspecified atom stereocenters. The van der Waals surface area contributed by atoms with Crippen molar-refractivity contribution in [2.24, 2.45) is 0 Å². The molecular formula is C9H16N2O3. The third-order valence-corrected chi connectivity index (χ3v) is 2.02. The van der Waals surface area contributed by atoms with E-state index in [0.717, 1.165) is 0 Å². The monoisotopic (exact) mass is 200 g/mol. The number of aliphatic hydroxyl groups is 1. The van der Waals surface area contributed by atoms with Crippen LogP contribution in [0.15, 0.2) is 0 Å². The van der Waals surface area contributed by atoms with Crippen LogP contribution < -0.4 is 10.6 Å². The van der Waals surface area contributed by atoms with Crippen molar-refractivity contribution in [3.05, 3.63) is 0 Å². The smallest absolute Gasteiger partial charge is 0.243 e. The Morgan fingerprint density at radius 3 is 2.71 bits per heavy atom. The highest BCUT2D eigenvalue weighted by Gasteiger charge is 2.27. The van der Waals surface area contributed by atoms with Gasteiger partial charge in [-0.05, 0) is 20.3 Å². The Balaban J connectivity index is 2.39. The van der Waals surface area contributed by atoms with Gasteiger partial charge in [0.25, 0.3) is 0 Å². The molecular weight excluding hydrogens is 184 g/mol. The lowest BCUT2D eigenvalue weighted by Crippen LogP contribution is -2.53. The van der Waals surface area contributed by atoms with E-state index < -0.39 is 5.60 Å². The fourth-order valence-corrected chi connectivity index (χ4v) is 1.26. The Hall–Kier alpha value is -0.940. The molecule has 2 amide bonds. The molecule has 1 fully saturated rings. The maximum atomic E-state index is 11.2. The fraction of sp³-hybridized carbons (Fsp3) is 0.778. The molecule has 1 aliphatic rings. The van der Waals surface area contributed by atoms with Crippen molar-refractivity contribution in [2.45, 2.75) is 38.3 Å². The summed E-state index contributed by atoms with van der Waals surface area (Å²) in [6.07, 6.45) is 0.857. The van der Waals surface area contributed by atoms with E-state index in [1.165, 1.54) is 0 Å². The van der Waals surface area contributed by atoms with Crippen molar-refractivity contribution >= 4 is 11.8 Å². The van der Waals surface area contributed by atoms with Crippen LogP contribution in [0.4, 0.5) is 0 Å². The summed E-state index contributed by atoms with van der Waals surface area (Å²) in [7, 11) is 0. The number of amides is 2. The van der Waals surface area contributed by atoms with Gasteiger partial charge in [0, 0.05) is 13.0 Å². The van der Waals surface area contributed by atoms with Gasteiger partial charge in [0.05, 0.1) is 11.6 Å². The molecule has 0 aromatic carbocycles.